The van der Waals surface area contributed by atoms with Crippen molar-refractivity contribution in [3.05, 3.63) is 51.6 Å². The molecule has 3 aliphatic carbocycles. The monoisotopic (exact) mass is 797 g/mol. The summed E-state index contributed by atoms with van der Waals surface area (Å²) in [5.74, 6) is -6.85. The molecule has 6 rings (SSSR count). The summed E-state index contributed by atoms with van der Waals surface area (Å²) < 4.78 is 22.5. The first-order valence-electron chi connectivity index (χ1n) is 18.4. The summed E-state index contributed by atoms with van der Waals surface area (Å²) in [6, 6.07) is 3.14. The van der Waals surface area contributed by atoms with E-state index in [0.717, 1.165) is 0 Å². The Balaban J connectivity index is 1.36. The number of carbonyl (C=O) groups is 6. The number of amides is 1. The van der Waals surface area contributed by atoms with Gasteiger partial charge in [0.1, 0.15) is 35.6 Å². The molecule has 1 heterocycles. The minimum absolute atomic E-state index is 0.0321. The van der Waals surface area contributed by atoms with E-state index in [9.17, 15) is 59.4 Å². The standard InChI is InChI=1S/C40H47NO16/c1-17-29(44)20(41-34(49)37(2)14-38(3,35(50)51)16-39(4,15-37)36(52)55-6)10-24(56-17)57-22-12-40(53,23(43)13-42)11-19-26(22)33(48)28-27(31(19)46)30(45)18-8-7-9-21(54-5)25(18)32(28)47/h7-9,17,20,22,24,29,42,44,46,48,53H,10-16H2,1-6H3,(H,41,49)(H,50,51)/t17?,20?,22-,24?,29?,37?,38?,39?,40-/m0/s1. The van der Waals surface area contributed by atoms with E-state index in [1.54, 1.807) is 0 Å². The third kappa shape index (κ3) is 6.74. The minimum Gasteiger partial charge on any atom is -0.507 e. The highest BCUT2D eigenvalue weighted by molar-refractivity contribution is 6.31. The summed E-state index contributed by atoms with van der Waals surface area (Å²) in [6.45, 7) is 4.87. The number of aromatic hydroxyl groups is 2. The Morgan fingerprint density at radius 3 is 2.18 bits per heavy atom. The first kappa shape index (κ1) is 41.7. The van der Waals surface area contributed by atoms with Crippen molar-refractivity contribution in [1.29, 1.82) is 0 Å². The molecule has 2 fully saturated rings. The van der Waals surface area contributed by atoms with E-state index in [2.05, 4.69) is 5.32 Å². The first-order chi connectivity index (χ1) is 26.6. The van der Waals surface area contributed by atoms with E-state index < -0.39 is 130 Å². The van der Waals surface area contributed by atoms with Gasteiger partial charge in [-0.05, 0) is 46.1 Å². The van der Waals surface area contributed by atoms with Gasteiger partial charge in [-0.1, -0.05) is 19.1 Å². The number of carbonyl (C=O) groups excluding carboxylic acids is 5. The zero-order valence-electron chi connectivity index (χ0n) is 32.3. The number of ether oxygens (including phenoxy) is 4. The number of Topliss-reactive ketones (excluding diaryl/α,β-unsaturated/α-hetero) is 1. The van der Waals surface area contributed by atoms with Crippen LogP contribution in [0.5, 0.6) is 17.2 Å². The molecule has 17 nitrogen and oxygen atoms in total. The number of carboxylic acids is 1. The van der Waals surface area contributed by atoms with Crippen molar-refractivity contribution >= 4 is 35.2 Å². The smallest absolute Gasteiger partial charge is 0.311 e. The maximum atomic E-state index is 14.1. The molecule has 17 heteroatoms. The van der Waals surface area contributed by atoms with Crippen LogP contribution in [0.15, 0.2) is 18.2 Å². The molecule has 0 bridgehead atoms. The number of esters is 1. The SMILES string of the molecule is COC(=O)C1(C)CC(C)(C(=O)O)CC(C)(C(=O)NC2CC(O[C@H]3C[C@](O)(C(=O)CO)Cc4c(O)c5c(c(O)c43)C(=O)c3c(OC)cccc3C5=O)OC(C)C2O)C1. The van der Waals surface area contributed by atoms with Crippen molar-refractivity contribution < 1.29 is 78.4 Å². The zero-order chi connectivity index (χ0) is 42.2. The molecule has 2 aromatic carbocycles. The summed E-state index contributed by atoms with van der Waals surface area (Å²) in [5, 5.41) is 69.0. The highest BCUT2D eigenvalue weighted by Crippen LogP contribution is 2.56. The van der Waals surface area contributed by atoms with Gasteiger partial charge < -0.3 is 54.9 Å². The number of fused-ring (bicyclic) bond motifs is 3. The maximum absolute atomic E-state index is 14.1. The molecule has 0 aromatic heterocycles. The normalized spacial score (nSPS) is 33.3. The van der Waals surface area contributed by atoms with Crippen LogP contribution < -0.4 is 10.1 Å². The Morgan fingerprint density at radius 2 is 1.56 bits per heavy atom. The fourth-order valence-corrected chi connectivity index (χ4v) is 9.67. The molecule has 308 valence electrons. The molecule has 1 aliphatic heterocycles. The molecular formula is C40H47NO16. The second-order valence-corrected chi connectivity index (χ2v) is 16.6. The Morgan fingerprint density at radius 1 is 0.930 bits per heavy atom. The van der Waals surface area contributed by atoms with Crippen molar-refractivity contribution in [3.8, 4) is 17.2 Å². The van der Waals surface area contributed by atoms with Gasteiger partial charge in [-0.15, -0.1) is 0 Å². The number of phenols is 2. The van der Waals surface area contributed by atoms with Gasteiger partial charge in [0.25, 0.3) is 0 Å². The summed E-state index contributed by atoms with van der Waals surface area (Å²) >= 11 is 0. The van der Waals surface area contributed by atoms with Crippen LogP contribution in [0.25, 0.3) is 0 Å². The number of phenolic OH excluding ortho intramolecular Hbond substituents is 2. The summed E-state index contributed by atoms with van der Waals surface area (Å²) in [6.07, 6.45) is -7.19. The lowest BCUT2D eigenvalue weighted by Gasteiger charge is -2.49. The first-order valence-corrected chi connectivity index (χ1v) is 18.4. The second-order valence-electron chi connectivity index (χ2n) is 16.6. The van der Waals surface area contributed by atoms with Gasteiger partial charge in [0, 0.05) is 41.4 Å². The predicted molar refractivity (Wildman–Crippen MR) is 194 cm³/mol. The van der Waals surface area contributed by atoms with Gasteiger partial charge in [-0.3, -0.25) is 28.8 Å². The van der Waals surface area contributed by atoms with Gasteiger partial charge in [0.05, 0.1) is 60.0 Å². The van der Waals surface area contributed by atoms with Crippen LogP contribution in [0.1, 0.15) is 109 Å². The average Bonchev–Trinajstić information content (AvgIpc) is 3.15. The van der Waals surface area contributed by atoms with Crippen LogP contribution in [0, 0.1) is 16.2 Å². The van der Waals surface area contributed by atoms with Gasteiger partial charge >= 0.3 is 11.9 Å². The largest absolute Gasteiger partial charge is 0.507 e. The number of nitrogens with one attached hydrogen (secondary N) is 1. The Labute approximate surface area is 326 Å². The van der Waals surface area contributed by atoms with E-state index in [4.69, 9.17) is 18.9 Å². The predicted octanol–water partition coefficient (Wildman–Crippen LogP) is 1.62. The number of benzene rings is 2. The zero-order valence-corrected chi connectivity index (χ0v) is 32.3. The van der Waals surface area contributed by atoms with Crippen LogP contribution in [0.2, 0.25) is 0 Å². The van der Waals surface area contributed by atoms with Gasteiger partial charge in [0.15, 0.2) is 17.9 Å². The molecule has 1 amide bonds. The fraction of sp³-hybridized carbons (Fsp3) is 0.550. The molecule has 4 aliphatic rings. The number of hydrogen-bond acceptors (Lipinski definition) is 15. The molecule has 7 unspecified atom stereocenters. The van der Waals surface area contributed by atoms with E-state index >= 15 is 0 Å². The van der Waals surface area contributed by atoms with Gasteiger partial charge in [0.2, 0.25) is 11.7 Å². The second kappa shape index (κ2) is 14.5. The van der Waals surface area contributed by atoms with Gasteiger partial charge in [-0.25, -0.2) is 0 Å². The lowest BCUT2D eigenvalue weighted by atomic mass is 9.54. The fourth-order valence-electron chi connectivity index (χ4n) is 9.67. The molecule has 57 heavy (non-hydrogen) atoms. The van der Waals surface area contributed by atoms with E-state index in [0.29, 0.717) is 0 Å². The summed E-state index contributed by atoms with van der Waals surface area (Å²) in [4.78, 5) is 80.3. The number of hydrogen-bond donors (Lipinski definition) is 7. The molecule has 2 aromatic rings. The lowest BCUT2D eigenvalue weighted by Crippen LogP contribution is -2.60. The molecule has 1 saturated heterocycles. The number of carboxylic acid groups (broad SMARTS) is 1. The molecule has 1 saturated carbocycles. The van der Waals surface area contributed by atoms with Crippen molar-refractivity contribution in [2.75, 3.05) is 20.8 Å². The van der Waals surface area contributed by atoms with E-state index in [1.165, 1.54) is 60.1 Å². The number of methoxy groups -OCH3 is 2. The average molecular weight is 798 g/mol. The Hall–Kier alpha value is -4.94. The van der Waals surface area contributed by atoms with E-state index in [1.807, 2.05) is 0 Å². The number of aliphatic hydroxyl groups is 3. The molecule has 7 N–H and O–H groups in total. The number of aliphatic carboxylic acids is 1. The highest BCUT2D eigenvalue weighted by Gasteiger charge is 2.59. The topological polar surface area (TPSA) is 273 Å². The summed E-state index contributed by atoms with van der Waals surface area (Å²) in [7, 11) is 2.46. The highest BCUT2D eigenvalue weighted by atomic mass is 16.7. The Bertz CT molecular complexity index is 2080. The van der Waals surface area contributed by atoms with E-state index in [-0.39, 0.29) is 53.7 Å². The minimum atomic E-state index is -2.40. The molecule has 9 atom stereocenters. The lowest BCUT2D eigenvalue weighted by molar-refractivity contribution is -0.249. The number of ketones is 3. The summed E-state index contributed by atoms with van der Waals surface area (Å²) in [5.41, 5.74) is -8.63. The number of aliphatic hydroxyl groups excluding tert-OH is 2. The maximum Gasteiger partial charge on any atom is 0.311 e. The van der Waals surface area contributed by atoms with Crippen molar-refractivity contribution in [1.82, 2.24) is 5.32 Å². The van der Waals surface area contributed by atoms with Crippen LogP contribution in [-0.4, -0.2) is 117 Å². The third-order valence-electron chi connectivity index (χ3n) is 12.2. The quantitative estimate of drug-likeness (QED) is 0.120. The van der Waals surface area contributed by atoms with Crippen LogP contribution in [0.4, 0.5) is 0 Å². The molecular weight excluding hydrogens is 750 g/mol. The number of rotatable bonds is 9. The van der Waals surface area contributed by atoms with Crippen LogP contribution in [0.3, 0.4) is 0 Å². The Kier molecular flexibility index (Phi) is 10.6. The van der Waals surface area contributed by atoms with Crippen molar-refractivity contribution in [2.45, 2.75) is 102 Å². The third-order valence-corrected chi connectivity index (χ3v) is 12.2. The van der Waals surface area contributed by atoms with Crippen LogP contribution >= 0.6 is 0 Å². The van der Waals surface area contributed by atoms with Gasteiger partial charge in [-0.2, -0.15) is 0 Å². The van der Waals surface area contributed by atoms with Crippen molar-refractivity contribution in [2.24, 2.45) is 16.2 Å². The van der Waals surface area contributed by atoms with Crippen LogP contribution in [-0.2, 0) is 39.8 Å². The molecule has 0 radical (unpaired) electrons. The molecule has 0 spiro atoms. The van der Waals surface area contributed by atoms with Crippen molar-refractivity contribution in [3.63, 3.8) is 0 Å².